The lowest BCUT2D eigenvalue weighted by molar-refractivity contribution is -0.142. The van der Waals surface area contributed by atoms with Gasteiger partial charge in [-0.05, 0) is 44.5 Å². The maximum Gasteiger partial charge on any atom is 0.310 e. The summed E-state index contributed by atoms with van der Waals surface area (Å²) in [6, 6.07) is 9.93. The van der Waals surface area contributed by atoms with E-state index in [4.69, 9.17) is 9.47 Å². The van der Waals surface area contributed by atoms with E-state index in [1.54, 1.807) is 26.0 Å². The minimum absolute atomic E-state index is 0.0147. The van der Waals surface area contributed by atoms with Gasteiger partial charge in [0, 0.05) is 22.7 Å². The van der Waals surface area contributed by atoms with Gasteiger partial charge in [-0.1, -0.05) is 17.7 Å². The number of halogens is 1. The molecule has 5 nitrogen and oxygen atoms in total. The second kappa shape index (κ2) is 7.84. The zero-order chi connectivity index (χ0) is 20.4. The van der Waals surface area contributed by atoms with E-state index < -0.39 is 11.8 Å². The Labute approximate surface area is 162 Å². The second-order valence-electron chi connectivity index (χ2n) is 6.56. The molecular formula is C22H22FNO4. The van der Waals surface area contributed by atoms with Gasteiger partial charge in [0.15, 0.2) is 11.6 Å². The van der Waals surface area contributed by atoms with Crippen molar-refractivity contribution in [3.8, 4) is 5.75 Å². The molecule has 1 aromatic heterocycles. The van der Waals surface area contributed by atoms with Gasteiger partial charge in [-0.2, -0.15) is 0 Å². The van der Waals surface area contributed by atoms with Crippen LogP contribution in [0, 0.1) is 19.7 Å². The molecule has 146 valence electrons. The number of rotatable bonds is 5. The quantitative estimate of drug-likeness (QED) is 0.620. The first-order valence-corrected chi connectivity index (χ1v) is 9.01. The van der Waals surface area contributed by atoms with Gasteiger partial charge in [-0.15, -0.1) is 0 Å². The Hall–Kier alpha value is -3.15. The SMILES string of the molecule is CCOC(=O)Cc1c(C)n(C(=O)c2ccc(C)cc2)c2cc(F)c(OC)cc12. The molecular weight excluding hydrogens is 361 g/mol. The van der Waals surface area contributed by atoms with Crippen molar-refractivity contribution in [2.75, 3.05) is 13.7 Å². The second-order valence-corrected chi connectivity index (χ2v) is 6.56. The summed E-state index contributed by atoms with van der Waals surface area (Å²) in [5.74, 6) is -1.22. The molecule has 6 heteroatoms. The molecule has 2 aromatic carbocycles. The monoisotopic (exact) mass is 383 g/mol. The highest BCUT2D eigenvalue weighted by Gasteiger charge is 2.23. The largest absolute Gasteiger partial charge is 0.494 e. The van der Waals surface area contributed by atoms with Crippen molar-refractivity contribution in [2.45, 2.75) is 27.2 Å². The van der Waals surface area contributed by atoms with E-state index >= 15 is 0 Å². The van der Waals surface area contributed by atoms with E-state index in [9.17, 15) is 14.0 Å². The molecule has 0 amide bonds. The molecule has 0 aliphatic rings. The van der Waals surface area contributed by atoms with Crippen LogP contribution in [0.2, 0.25) is 0 Å². The maximum atomic E-state index is 14.4. The standard InChI is InChI=1S/C22H22FNO4/c1-5-28-21(25)11-16-14(3)24(22(26)15-8-6-13(2)7-9-15)19-12-18(23)20(27-4)10-17(16)19/h6-10,12H,5,11H2,1-4H3. The summed E-state index contributed by atoms with van der Waals surface area (Å²) in [4.78, 5) is 25.3. The van der Waals surface area contributed by atoms with Gasteiger partial charge in [-0.25, -0.2) is 4.39 Å². The van der Waals surface area contributed by atoms with E-state index in [-0.39, 0.29) is 24.7 Å². The topological polar surface area (TPSA) is 57.5 Å². The summed E-state index contributed by atoms with van der Waals surface area (Å²) in [5, 5.41) is 0.587. The summed E-state index contributed by atoms with van der Waals surface area (Å²) in [6.45, 7) is 5.67. The van der Waals surface area contributed by atoms with Gasteiger partial charge < -0.3 is 9.47 Å². The Morgan fingerprint density at radius 1 is 1.11 bits per heavy atom. The number of nitrogens with zero attached hydrogens (tertiary/aromatic N) is 1. The first kappa shape index (κ1) is 19.6. The van der Waals surface area contributed by atoms with Gasteiger partial charge >= 0.3 is 5.97 Å². The Morgan fingerprint density at radius 3 is 2.39 bits per heavy atom. The van der Waals surface area contributed by atoms with Crippen molar-refractivity contribution < 1.29 is 23.5 Å². The highest BCUT2D eigenvalue weighted by Crippen LogP contribution is 2.32. The maximum absolute atomic E-state index is 14.4. The van der Waals surface area contributed by atoms with E-state index in [0.29, 0.717) is 27.7 Å². The van der Waals surface area contributed by atoms with Gasteiger partial charge in [0.1, 0.15) is 0 Å². The number of esters is 1. The number of aromatic nitrogens is 1. The van der Waals surface area contributed by atoms with E-state index in [1.807, 2.05) is 19.1 Å². The molecule has 3 aromatic rings. The average molecular weight is 383 g/mol. The normalized spacial score (nSPS) is 10.9. The van der Waals surface area contributed by atoms with Crippen molar-refractivity contribution in [1.82, 2.24) is 4.57 Å². The molecule has 0 spiro atoms. The fourth-order valence-electron chi connectivity index (χ4n) is 3.30. The molecule has 3 rings (SSSR count). The fraction of sp³-hybridized carbons (Fsp3) is 0.273. The van der Waals surface area contributed by atoms with E-state index in [1.165, 1.54) is 23.8 Å². The molecule has 0 bridgehead atoms. The number of hydrogen-bond acceptors (Lipinski definition) is 4. The molecule has 0 atom stereocenters. The van der Waals surface area contributed by atoms with Crippen LogP contribution in [0.25, 0.3) is 10.9 Å². The van der Waals surface area contributed by atoms with Crippen LogP contribution in [0.3, 0.4) is 0 Å². The smallest absolute Gasteiger partial charge is 0.310 e. The van der Waals surface area contributed by atoms with Crippen LogP contribution in [0.15, 0.2) is 36.4 Å². The third-order valence-electron chi connectivity index (χ3n) is 4.74. The summed E-state index contributed by atoms with van der Waals surface area (Å²) < 4.78 is 26.0. The molecule has 0 unspecified atom stereocenters. The van der Waals surface area contributed by atoms with Gasteiger partial charge in [0.05, 0.1) is 25.7 Å². The highest BCUT2D eigenvalue weighted by atomic mass is 19.1. The number of hydrogen-bond donors (Lipinski definition) is 0. The lowest BCUT2D eigenvalue weighted by Gasteiger charge is -2.08. The van der Waals surface area contributed by atoms with Crippen LogP contribution in [0.1, 0.15) is 34.1 Å². The molecule has 0 aliphatic heterocycles. The first-order valence-electron chi connectivity index (χ1n) is 9.01. The summed E-state index contributed by atoms with van der Waals surface area (Å²) in [6.07, 6.45) is -0.0147. The number of fused-ring (bicyclic) bond motifs is 1. The number of carbonyl (C=O) groups is 2. The molecule has 0 saturated carbocycles. The van der Waals surface area contributed by atoms with Crippen molar-refractivity contribution in [1.29, 1.82) is 0 Å². The zero-order valence-electron chi connectivity index (χ0n) is 16.3. The lowest BCUT2D eigenvalue weighted by atomic mass is 10.1. The molecule has 0 fully saturated rings. The molecule has 0 saturated heterocycles. The number of ether oxygens (including phenoxy) is 2. The molecule has 1 heterocycles. The predicted molar refractivity (Wildman–Crippen MR) is 104 cm³/mol. The number of aryl methyl sites for hydroxylation is 1. The fourth-order valence-corrected chi connectivity index (χ4v) is 3.30. The Kier molecular flexibility index (Phi) is 5.49. The van der Waals surface area contributed by atoms with Crippen LogP contribution in [-0.4, -0.2) is 30.2 Å². The molecule has 0 aliphatic carbocycles. The van der Waals surface area contributed by atoms with Crippen molar-refractivity contribution >= 4 is 22.8 Å². The summed E-state index contributed by atoms with van der Waals surface area (Å²) >= 11 is 0. The van der Waals surface area contributed by atoms with Crippen molar-refractivity contribution in [3.63, 3.8) is 0 Å². The van der Waals surface area contributed by atoms with Gasteiger partial charge in [-0.3, -0.25) is 14.2 Å². The van der Waals surface area contributed by atoms with Crippen molar-refractivity contribution in [2.24, 2.45) is 0 Å². The first-order chi connectivity index (χ1) is 13.4. The third-order valence-corrected chi connectivity index (χ3v) is 4.74. The average Bonchev–Trinajstić information content (AvgIpc) is 2.92. The van der Waals surface area contributed by atoms with Crippen LogP contribution < -0.4 is 4.74 Å². The third kappa shape index (κ3) is 3.50. The summed E-state index contributed by atoms with van der Waals surface area (Å²) in [5.41, 5.74) is 3.09. The van der Waals surface area contributed by atoms with Crippen LogP contribution >= 0.6 is 0 Å². The highest BCUT2D eigenvalue weighted by molar-refractivity contribution is 6.05. The Bertz CT molecular complexity index is 1050. The Morgan fingerprint density at radius 2 is 1.79 bits per heavy atom. The number of benzene rings is 2. The molecule has 0 N–H and O–H groups in total. The van der Waals surface area contributed by atoms with Crippen LogP contribution in [-0.2, 0) is 16.0 Å². The van der Waals surface area contributed by atoms with E-state index in [0.717, 1.165) is 5.56 Å². The lowest BCUT2D eigenvalue weighted by Crippen LogP contribution is -2.14. The summed E-state index contributed by atoms with van der Waals surface area (Å²) in [7, 11) is 1.37. The Balaban J connectivity index is 2.22. The van der Waals surface area contributed by atoms with Crippen LogP contribution in [0.5, 0.6) is 5.75 Å². The van der Waals surface area contributed by atoms with Crippen LogP contribution in [0.4, 0.5) is 4.39 Å². The number of carbonyl (C=O) groups excluding carboxylic acids is 2. The minimum Gasteiger partial charge on any atom is -0.494 e. The molecule has 0 radical (unpaired) electrons. The molecule has 28 heavy (non-hydrogen) atoms. The van der Waals surface area contributed by atoms with Gasteiger partial charge in [0.2, 0.25) is 0 Å². The zero-order valence-corrected chi connectivity index (χ0v) is 16.3. The van der Waals surface area contributed by atoms with E-state index in [2.05, 4.69) is 0 Å². The van der Waals surface area contributed by atoms with Gasteiger partial charge in [0.25, 0.3) is 5.91 Å². The minimum atomic E-state index is -0.576. The van der Waals surface area contributed by atoms with Crippen molar-refractivity contribution in [3.05, 3.63) is 64.6 Å². The number of methoxy groups -OCH3 is 1. The predicted octanol–water partition coefficient (Wildman–Crippen LogP) is 4.20.